The summed E-state index contributed by atoms with van der Waals surface area (Å²) in [5.41, 5.74) is 3.40. The van der Waals surface area contributed by atoms with Gasteiger partial charge in [0.25, 0.3) is 0 Å². The van der Waals surface area contributed by atoms with Gasteiger partial charge in [0.05, 0.1) is 17.6 Å². The molecule has 0 bridgehead atoms. The quantitative estimate of drug-likeness (QED) is 0.831. The van der Waals surface area contributed by atoms with Crippen molar-refractivity contribution in [3.63, 3.8) is 0 Å². The van der Waals surface area contributed by atoms with Crippen LogP contribution < -0.4 is 4.74 Å². The van der Waals surface area contributed by atoms with Crippen LogP contribution in [0.1, 0.15) is 25.8 Å². The highest BCUT2D eigenvalue weighted by molar-refractivity contribution is 5.79. The third-order valence-corrected chi connectivity index (χ3v) is 2.39. The maximum Gasteiger partial charge on any atom is 0.213 e. The molecule has 2 aromatic heterocycles. The van der Waals surface area contributed by atoms with E-state index >= 15 is 0 Å². The number of rotatable bonds is 4. The van der Waals surface area contributed by atoms with Gasteiger partial charge in [0.1, 0.15) is 0 Å². The molecule has 3 heteroatoms. The highest BCUT2D eigenvalue weighted by Crippen LogP contribution is 2.20. The Bertz CT molecular complexity index is 448. The predicted octanol–water partition coefficient (Wildman–Crippen LogP) is 2.91. The standard InChI is InChI=1S/C12H16N2O/c1-3-5-9-8-13-10-6-7-11(15-4-2)14-12(9)10/h6-8,13H,3-5H2,1-2H3. The minimum Gasteiger partial charge on any atom is -0.478 e. The predicted molar refractivity (Wildman–Crippen MR) is 61.3 cm³/mol. The highest BCUT2D eigenvalue weighted by atomic mass is 16.5. The van der Waals surface area contributed by atoms with Crippen molar-refractivity contribution in [3.8, 4) is 5.88 Å². The van der Waals surface area contributed by atoms with Crippen molar-refractivity contribution in [2.75, 3.05) is 6.61 Å². The first-order valence-electron chi connectivity index (χ1n) is 5.45. The lowest BCUT2D eigenvalue weighted by atomic mass is 10.2. The smallest absolute Gasteiger partial charge is 0.213 e. The average Bonchev–Trinajstić information content (AvgIpc) is 2.63. The molecule has 2 rings (SSSR count). The molecule has 0 spiro atoms. The second-order valence-electron chi connectivity index (χ2n) is 3.54. The molecular formula is C12H16N2O. The third-order valence-electron chi connectivity index (χ3n) is 2.39. The number of aryl methyl sites for hydroxylation is 1. The van der Waals surface area contributed by atoms with E-state index in [-0.39, 0.29) is 0 Å². The summed E-state index contributed by atoms with van der Waals surface area (Å²) >= 11 is 0. The van der Waals surface area contributed by atoms with Crippen LogP contribution >= 0.6 is 0 Å². The lowest BCUT2D eigenvalue weighted by molar-refractivity contribution is 0.328. The fraction of sp³-hybridized carbons (Fsp3) is 0.417. The second-order valence-corrected chi connectivity index (χ2v) is 3.54. The zero-order valence-corrected chi connectivity index (χ0v) is 9.21. The summed E-state index contributed by atoms with van der Waals surface area (Å²) < 4.78 is 5.39. The molecule has 0 amide bonds. The van der Waals surface area contributed by atoms with Crippen molar-refractivity contribution < 1.29 is 4.74 Å². The molecule has 0 fully saturated rings. The summed E-state index contributed by atoms with van der Waals surface area (Å²) in [6, 6.07) is 3.92. The van der Waals surface area contributed by atoms with Crippen molar-refractivity contribution in [1.82, 2.24) is 9.97 Å². The fourth-order valence-corrected chi connectivity index (χ4v) is 1.72. The number of aromatic nitrogens is 2. The Morgan fingerprint density at radius 2 is 2.20 bits per heavy atom. The average molecular weight is 204 g/mol. The molecule has 0 aliphatic carbocycles. The van der Waals surface area contributed by atoms with Crippen LogP contribution in [-0.4, -0.2) is 16.6 Å². The summed E-state index contributed by atoms with van der Waals surface area (Å²) in [4.78, 5) is 7.71. The molecule has 3 nitrogen and oxygen atoms in total. The van der Waals surface area contributed by atoms with Crippen molar-refractivity contribution in [3.05, 3.63) is 23.9 Å². The zero-order valence-electron chi connectivity index (χ0n) is 9.21. The summed E-state index contributed by atoms with van der Waals surface area (Å²) in [5, 5.41) is 0. The van der Waals surface area contributed by atoms with Gasteiger partial charge in [0, 0.05) is 12.3 Å². The van der Waals surface area contributed by atoms with Gasteiger partial charge >= 0.3 is 0 Å². The first kappa shape index (κ1) is 10.0. The van der Waals surface area contributed by atoms with Gasteiger partial charge in [-0.05, 0) is 25.0 Å². The summed E-state index contributed by atoms with van der Waals surface area (Å²) in [6.45, 7) is 4.80. The summed E-state index contributed by atoms with van der Waals surface area (Å²) in [6.07, 6.45) is 4.23. The van der Waals surface area contributed by atoms with Gasteiger partial charge in [-0.15, -0.1) is 0 Å². The molecule has 2 heterocycles. The van der Waals surface area contributed by atoms with Crippen LogP contribution in [0.25, 0.3) is 11.0 Å². The van der Waals surface area contributed by atoms with E-state index in [9.17, 15) is 0 Å². The molecule has 0 aliphatic rings. The number of hydrogen-bond acceptors (Lipinski definition) is 2. The summed E-state index contributed by atoms with van der Waals surface area (Å²) in [7, 11) is 0. The van der Waals surface area contributed by atoms with E-state index in [1.807, 2.05) is 25.3 Å². The van der Waals surface area contributed by atoms with E-state index in [1.165, 1.54) is 5.56 Å². The Morgan fingerprint density at radius 3 is 2.93 bits per heavy atom. The van der Waals surface area contributed by atoms with Gasteiger partial charge < -0.3 is 9.72 Å². The maximum absolute atomic E-state index is 5.39. The Hall–Kier alpha value is -1.51. The van der Waals surface area contributed by atoms with Crippen LogP contribution in [-0.2, 0) is 6.42 Å². The van der Waals surface area contributed by atoms with Crippen molar-refractivity contribution >= 4 is 11.0 Å². The Morgan fingerprint density at radius 1 is 1.33 bits per heavy atom. The molecule has 80 valence electrons. The van der Waals surface area contributed by atoms with E-state index in [0.717, 1.165) is 23.9 Å². The molecule has 0 unspecified atom stereocenters. The first-order valence-corrected chi connectivity index (χ1v) is 5.45. The minimum absolute atomic E-state index is 0.659. The Balaban J connectivity index is 2.42. The van der Waals surface area contributed by atoms with Crippen LogP contribution in [0.4, 0.5) is 0 Å². The van der Waals surface area contributed by atoms with Gasteiger partial charge in [-0.25, -0.2) is 4.98 Å². The minimum atomic E-state index is 0.659. The van der Waals surface area contributed by atoms with Crippen LogP contribution in [0.15, 0.2) is 18.3 Å². The van der Waals surface area contributed by atoms with Gasteiger partial charge in [0.15, 0.2) is 0 Å². The lowest BCUT2D eigenvalue weighted by Gasteiger charge is -2.02. The molecule has 1 N–H and O–H groups in total. The molecule has 0 saturated carbocycles. The second kappa shape index (κ2) is 4.34. The van der Waals surface area contributed by atoms with E-state index in [1.54, 1.807) is 0 Å². The fourth-order valence-electron chi connectivity index (χ4n) is 1.72. The number of hydrogen-bond donors (Lipinski definition) is 1. The van der Waals surface area contributed by atoms with E-state index in [0.29, 0.717) is 12.5 Å². The van der Waals surface area contributed by atoms with E-state index in [4.69, 9.17) is 4.74 Å². The van der Waals surface area contributed by atoms with Gasteiger partial charge in [0.2, 0.25) is 5.88 Å². The van der Waals surface area contributed by atoms with Crippen molar-refractivity contribution in [2.24, 2.45) is 0 Å². The van der Waals surface area contributed by atoms with Gasteiger partial charge in [-0.2, -0.15) is 0 Å². The number of ether oxygens (including phenoxy) is 1. The van der Waals surface area contributed by atoms with E-state index < -0.39 is 0 Å². The van der Waals surface area contributed by atoms with Crippen LogP contribution in [0, 0.1) is 0 Å². The van der Waals surface area contributed by atoms with Crippen LogP contribution in [0.3, 0.4) is 0 Å². The maximum atomic E-state index is 5.39. The molecule has 0 aromatic carbocycles. The number of H-pyrrole nitrogens is 1. The molecule has 0 saturated heterocycles. The molecule has 0 radical (unpaired) electrons. The van der Waals surface area contributed by atoms with Gasteiger partial charge in [-0.3, -0.25) is 0 Å². The molecule has 0 atom stereocenters. The van der Waals surface area contributed by atoms with Crippen molar-refractivity contribution in [2.45, 2.75) is 26.7 Å². The normalized spacial score (nSPS) is 10.8. The monoisotopic (exact) mass is 204 g/mol. The SMILES string of the molecule is CCCc1c[nH]c2ccc(OCC)nc12. The topological polar surface area (TPSA) is 37.9 Å². The number of nitrogens with zero attached hydrogens (tertiary/aromatic N) is 1. The highest BCUT2D eigenvalue weighted by Gasteiger charge is 2.05. The lowest BCUT2D eigenvalue weighted by Crippen LogP contribution is -1.94. The Labute approximate surface area is 89.5 Å². The Kier molecular flexibility index (Phi) is 2.90. The number of fused-ring (bicyclic) bond motifs is 1. The zero-order chi connectivity index (χ0) is 10.7. The van der Waals surface area contributed by atoms with Crippen molar-refractivity contribution in [1.29, 1.82) is 0 Å². The molecule has 15 heavy (non-hydrogen) atoms. The number of aromatic amines is 1. The molecular weight excluding hydrogens is 188 g/mol. The van der Waals surface area contributed by atoms with Gasteiger partial charge in [-0.1, -0.05) is 13.3 Å². The van der Waals surface area contributed by atoms with Crippen LogP contribution in [0.5, 0.6) is 5.88 Å². The number of pyridine rings is 1. The van der Waals surface area contributed by atoms with Crippen LogP contribution in [0.2, 0.25) is 0 Å². The first-order chi connectivity index (χ1) is 7.35. The van der Waals surface area contributed by atoms with E-state index in [2.05, 4.69) is 16.9 Å². The largest absolute Gasteiger partial charge is 0.478 e. The molecule has 0 aliphatic heterocycles. The number of nitrogens with one attached hydrogen (secondary N) is 1. The molecule has 2 aromatic rings. The third kappa shape index (κ3) is 1.96. The summed E-state index contributed by atoms with van der Waals surface area (Å²) in [5.74, 6) is 0.710.